The Morgan fingerprint density at radius 3 is 0.846 bits per heavy atom. The molecule has 0 rings (SSSR count). The fourth-order valence-corrected chi connectivity index (χ4v) is 9.37. The van der Waals surface area contributed by atoms with Gasteiger partial charge in [-0.25, -0.2) is 0 Å². The number of carbonyl (C=O) groups is 3. The molecule has 78 heavy (non-hydrogen) atoms. The second kappa shape index (κ2) is 65.8. The van der Waals surface area contributed by atoms with E-state index in [1.54, 1.807) is 0 Å². The molecule has 0 amide bonds. The highest BCUT2D eigenvalue weighted by Gasteiger charge is 2.19. The van der Waals surface area contributed by atoms with Gasteiger partial charge in [0, 0.05) is 19.3 Å². The van der Waals surface area contributed by atoms with Gasteiger partial charge >= 0.3 is 17.9 Å². The summed E-state index contributed by atoms with van der Waals surface area (Å²) in [7, 11) is 0. The number of carbonyl (C=O) groups excluding carboxylic acids is 3. The van der Waals surface area contributed by atoms with Crippen molar-refractivity contribution in [1.82, 2.24) is 0 Å². The normalized spacial score (nSPS) is 12.7. The van der Waals surface area contributed by atoms with Crippen LogP contribution in [0.2, 0.25) is 0 Å². The molecule has 6 heteroatoms. The molecule has 0 aliphatic carbocycles. The molecule has 0 fully saturated rings. The van der Waals surface area contributed by atoms with Crippen LogP contribution in [-0.2, 0) is 28.6 Å². The highest BCUT2D eigenvalue weighted by Crippen LogP contribution is 2.17. The molecular weight excluding hydrogens is 961 g/mol. The Labute approximate surface area is 483 Å². The molecule has 1 unspecified atom stereocenters. The molecule has 0 heterocycles. The SMILES string of the molecule is CC/C=C\C/C=C\C/C=C\C/C=C\C/C=C\C/C=C\C/C=C\CCCC(=O)OCC(COC(=O)CCCCCCC/C=C\CCCCCCCC)OC(=O)CCCCCCCCCCCCCCCCCCCCCCCC. The number of unbranched alkanes of at least 4 members (excludes halogenated alkanes) is 33. The number of hydrogen-bond acceptors (Lipinski definition) is 6. The van der Waals surface area contributed by atoms with Crippen molar-refractivity contribution >= 4 is 17.9 Å². The number of ether oxygens (including phenoxy) is 3. The van der Waals surface area contributed by atoms with Gasteiger partial charge in [0.25, 0.3) is 0 Å². The molecule has 0 aliphatic rings. The molecule has 0 aromatic carbocycles. The van der Waals surface area contributed by atoms with Crippen molar-refractivity contribution in [3.63, 3.8) is 0 Å². The van der Waals surface area contributed by atoms with Crippen LogP contribution in [0.5, 0.6) is 0 Å². The van der Waals surface area contributed by atoms with Gasteiger partial charge in [0.2, 0.25) is 0 Å². The number of rotatable bonds is 60. The van der Waals surface area contributed by atoms with Gasteiger partial charge in [-0.1, -0.05) is 304 Å². The topological polar surface area (TPSA) is 78.9 Å². The molecule has 0 radical (unpaired) electrons. The van der Waals surface area contributed by atoms with E-state index in [1.807, 2.05) is 0 Å². The average Bonchev–Trinajstić information content (AvgIpc) is 3.44. The van der Waals surface area contributed by atoms with E-state index in [2.05, 4.69) is 118 Å². The van der Waals surface area contributed by atoms with Crippen LogP contribution in [-0.4, -0.2) is 37.2 Å². The lowest BCUT2D eigenvalue weighted by molar-refractivity contribution is -0.167. The van der Waals surface area contributed by atoms with Crippen molar-refractivity contribution in [2.24, 2.45) is 0 Å². The Bertz CT molecular complexity index is 1530. The maximum Gasteiger partial charge on any atom is 0.306 e. The van der Waals surface area contributed by atoms with Crippen LogP contribution in [0.1, 0.15) is 323 Å². The van der Waals surface area contributed by atoms with Crippen molar-refractivity contribution in [1.29, 1.82) is 0 Å². The van der Waals surface area contributed by atoms with Crippen LogP contribution in [0.25, 0.3) is 0 Å². The van der Waals surface area contributed by atoms with Crippen molar-refractivity contribution in [2.45, 2.75) is 329 Å². The first-order valence-corrected chi connectivity index (χ1v) is 33.2. The Morgan fingerprint density at radius 1 is 0.269 bits per heavy atom. The van der Waals surface area contributed by atoms with Gasteiger partial charge in [-0.05, 0) is 96.3 Å². The molecule has 0 bridgehead atoms. The maximum atomic E-state index is 12.9. The third-order valence-electron chi connectivity index (χ3n) is 14.3. The lowest BCUT2D eigenvalue weighted by atomic mass is 10.0. The fraction of sp³-hybridized carbons (Fsp3) is 0.736. The molecule has 0 saturated heterocycles. The van der Waals surface area contributed by atoms with Crippen LogP contribution >= 0.6 is 0 Å². The van der Waals surface area contributed by atoms with E-state index in [1.165, 1.54) is 180 Å². The summed E-state index contributed by atoms with van der Waals surface area (Å²) in [5.41, 5.74) is 0. The second-order valence-electron chi connectivity index (χ2n) is 22.0. The monoisotopic (exact) mass is 1080 g/mol. The molecule has 0 aromatic heterocycles. The Morgan fingerprint density at radius 2 is 0.513 bits per heavy atom. The van der Waals surface area contributed by atoms with Gasteiger partial charge in [0.15, 0.2) is 6.10 Å². The Balaban J connectivity index is 4.44. The second-order valence-corrected chi connectivity index (χ2v) is 22.0. The summed E-state index contributed by atoms with van der Waals surface area (Å²) in [6.45, 7) is 6.51. The number of hydrogen-bond donors (Lipinski definition) is 0. The molecule has 1 atom stereocenters. The highest BCUT2D eigenvalue weighted by molar-refractivity contribution is 5.71. The van der Waals surface area contributed by atoms with E-state index >= 15 is 0 Å². The molecule has 0 spiro atoms. The minimum atomic E-state index is -0.805. The first-order chi connectivity index (χ1) is 38.5. The van der Waals surface area contributed by atoms with Gasteiger partial charge in [0.1, 0.15) is 13.2 Å². The zero-order valence-electron chi connectivity index (χ0n) is 51.4. The number of esters is 3. The third-order valence-corrected chi connectivity index (χ3v) is 14.3. The standard InChI is InChI=1S/C72H124O6/c1-4-7-10-13-16-19-22-25-28-30-32-34-36-38-39-41-44-47-50-53-56-59-62-65-71(74)77-68-69(67-76-70(73)64-61-58-55-52-49-46-43-27-24-21-18-15-12-9-6-3)78-72(75)66-63-60-57-54-51-48-45-42-40-37-35-33-31-29-26-23-20-17-14-11-8-5-2/h7,10,16,19,25,27-28,32,34,38-39,43-44,47,53,56,69H,4-6,8-9,11-15,17-18,20-24,26,29-31,33,35-37,40-42,45-46,48-52,54-55,57-68H2,1-3H3/b10-7-,19-16-,28-25-,34-32-,39-38-,43-27-,47-44-,56-53-. The highest BCUT2D eigenvalue weighted by atomic mass is 16.6. The van der Waals surface area contributed by atoms with Crippen molar-refractivity contribution < 1.29 is 28.6 Å². The van der Waals surface area contributed by atoms with Gasteiger partial charge in [-0.15, -0.1) is 0 Å². The molecule has 0 aliphatic heterocycles. The average molecular weight is 1090 g/mol. The summed E-state index contributed by atoms with van der Waals surface area (Å²) in [6, 6.07) is 0. The summed E-state index contributed by atoms with van der Waals surface area (Å²) in [5.74, 6) is -0.953. The van der Waals surface area contributed by atoms with E-state index in [0.717, 1.165) is 96.3 Å². The molecule has 6 nitrogen and oxygen atoms in total. The zero-order valence-corrected chi connectivity index (χ0v) is 51.4. The summed E-state index contributed by atoms with van der Waals surface area (Å²) < 4.78 is 16.9. The van der Waals surface area contributed by atoms with E-state index in [0.29, 0.717) is 19.3 Å². The van der Waals surface area contributed by atoms with Crippen molar-refractivity contribution in [3.8, 4) is 0 Å². The van der Waals surface area contributed by atoms with Crippen molar-refractivity contribution in [3.05, 3.63) is 97.2 Å². The van der Waals surface area contributed by atoms with Gasteiger partial charge < -0.3 is 14.2 Å². The lowest BCUT2D eigenvalue weighted by Gasteiger charge is -2.18. The van der Waals surface area contributed by atoms with Crippen LogP contribution in [0.3, 0.4) is 0 Å². The minimum absolute atomic E-state index is 0.0976. The van der Waals surface area contributed by atoms with Gasteiger partial charge in [-0.2, -0.15) is 0 Å². The van der Waals surface area contributed by atoms with Gasteiger partial charge in [0.05, 0.1) is 0 Å². The quantitative estimate of drug-likeness (QED) is 0.0261. The van der Waals surface area contributed by atoms with E-state index in [9.17, 15) is 14.4 Å². The predicted molar refractivity (Wildman–Crippen MR) is 339 cm³/mol. The summed E-state index contributed by atoms with van der Waals surface area (Å²) >= 11 is 0. The molecule has 0 saturated carbocycles. The largest absolute Gasteiger partial charge is 0.462 e. The predicted octanol–water partition coefficient (Wildman–Crippen LogP) is 22.8. The van der Waals surface area contributed by atoms with E-state index < -0.39 is 6.10 Å². The fourth-order valence-electron chi connectivity index (χ4n) is 9.37. The third kappa shape index (κ3) is 63.2. The first-order valence-electron chi connectivity index (χ1n) is 33.2. The van der Waals surface area contributed by atoms with Crippen LogP contribution in [0, 0.1) is 0 Å². The molecule has 0 N–H and O–H groups in total. The molecular formula is C72H124O6. The van der Waals surface area contributed by atoms with Crippen molar-refractivity contribution in [2.75, 3.05) is 13.2 Å². The number of allylic oxidation sites excluding steroid dienone is 16. The first kappa shape index (κ1) is 74.3. The molecule has 448 valence electrons. The summed E-state index contributed by atoms with van der Waals surface area (Å²) in [5, 5.41) is 0. The zero-order chi connectivity index (χ0) is 56.4. The summed E-state index contributed by atoms with van der Waals surface area (Å²) in [6.07, 6.45) is 88.5. The summed E-state index contributed by atoms with van der Waals surface area (Å²) in [4.78, 5) is 38.3. The Hall–Kier alpha value is -3.67. The van der Waals surface area contributed by atoms with E-state index in [-0.39, 0.29) is 37.5 Å². The van der Waals surface area contributed by atoms with Gasteiger partial charge in [-0.3, -0.25) is 14.4 Å². The van der Waals surface area contributed by atoms with Crippen LogP contribution < -0.4 is 0 Å². The Kier molecular flexibility index (Phi) is 62.7. The smallest absolute Gasteiger partial charge is 0.306 e. The lowest BCUT2D eigenvalue weighted by Crippen LogP contribution is -2.30. The maximum absolute atomic E-state index is 12.9. The minimum Gasteiger partial charge on any atom is -0.462 e. The molecule has 0 aromatic rings. The van der Waals surface area contributed by atoms with E-state index in [4.69, 9.17) is 14.2 Å². The van der Waals surface area contributed by atoms with Crippen LogP contribution in [0.4, 0.5) is 0 Å². The van der Waals surface area contributed by atoms with Crippen LogP contribution in [0.15, 0.2) is 97.2 Å².